The molecule has 0 atom stereocenters. The van der Waals surface area contributed by atoms with E-state index in [4.69, 9.17) is 4.74 Å². The minimum absolute atomic E-state index is 0.269. The second-order valence-corrected chi connectivity index (χ2v) is 5.55. The summed E-state index contributed by atoms with van der Waals surface area (Å²) in [6.07, 6.45) is 7.88. The number of amides is 1. The van der Waals surface area contributed by atoms with Gasteiger partial charge in [-0.15, -0.1) is 0 Å². The highest BCUT2D eigenvalue weighted by atomic mass is 16.5. The van der Waals surface area contributed by atoms with Crippen LogP contribution in [-0.4, -0.2) is 61.6 Å². The molecule has 18 heavy (non-hydrogen) atoms. The molecule has 2 aliphatic rings. The lowest BCUT2D eigenvalue weighted by molar-refractivity contribution is -0.136. The highest BCUT2D eigenvalue weighted by molar-refractivity contribution is 5.78. The lowest BCUT2D eigenvalue weighted by atomic mass is 10.1. The molecule has 1 aliphatic heterocycles. The Morgan fingerprint density at radius 3 is 2.39 bits per heavy atom. The van der Waals surface area contributed by atoms with Gasteiger partial charge in [-0.1, -0.05) is 25.7 Å². The van der Waals surface area contributed by atoms with Crippen LogP contribution < -0.4 is 0 Å². The van der Waals surface area contributed by atoms with Gasteiger partial charge in [0, 0.05) is 19.1 Å². The van der Waals surface area contributed by atoms with Crippen LogP contribution in [0.25, 0.3) is 0 Å². The number of nitrogens with zero attached hydrogens (tertiary/aromatic N) is 2. The van der Waals surface area contributed by atoms with E-state index in [0.29, 0.717) is 25.8 Å². The van der Waals surface area contributed by atoms with Crippen LogP contribution in [0.4, 0.5) is 0 Å². The van der Waals surface area contributed by atoms with Gasteiger partial charge >= 0.3 is 0 Å². The van der Waals surface area contributed by atoms with Crippen molar-refractivity contribution >= 4 is 5.91 Å². The molecule has 0 aromatic rings. The summed E-state index contributed by atoms with van der Waals surface area (Å²) >= 11 is 0. The van der Waals surface area contributed by atoms with Crippen molar-refractivity contribution in [3.63, 3.8) is 0 Å². The Morgan fingerprint density at radius 2 is 1.78 bits per heavy atom. The Hall–Kier alpha value is -0.610. The number of rotatable bonds is 3. The lowest BCUT2D eigenvalue weighted by Gasteiger charge is -2.31. The molecule has 0 aromatic heterocycles. The highest BCUT2D eigenvalue weighted by Gasteiger charge is 2.22. The second kappa shape index (κ2) is 7.10. The maximum absolute atomic E-state index is 12.2. The normalized spacial score (nSPS) is 23.1. The molecule has 104 valence electrons. The van der Waals surface area contributed by atoms with Crippen LogP contribution in [-0.2, 0) is 9.53 Å². The third-order valence-corrected chi connectivity index (χ3v) is 4.20. The van der Waals surface area contributed by atoms with E-state index in [-0.39, 0.29) is 5.91 Å². The average molecular weight is 254 g/mol. The first-order chi connectivity index (χ1) is 8.77. The SMILES string of the molecule is CN(CC(=O)N1CCOCC1)C1CCCCCC1. The van der Waals surface area contributed by atoms with Crippen molar-refractivity contribution in [2.24, 2.45) is 0 Å². The van der Waals surface area contributed by atoms with Gasteiger partial charge in [-0.3, -0.25) is 9.69 Å². The summed E-state index contributed by atoms with van der Waals surface area (Å²) in [5, 5.41) is 0. The smallest absolute Gasteiger partial charge is 0.236 e. The Morgan fingerprint density at radius 1 is 1.17 bits per heavy atom. The molecule has 4 nitrogen and oxygen atoms in total. The first kappa shape index (κ1) is 13.8. The summed E-state index contributed by atoms with van der Waals surface area (Å²) in [6, 6.07) is 0.609. The van der Waals surface area contributed by atoms with Crippen molar-refractivity contribution in [3.8, 4) is 0 Å². The first-order valence-corrected chi connectivity index (χ1v) is 7.33. The van der Waals surface area contributed by atoms with Crippen molar-refractivity contribution in [3.05, 3.63) is 0 Å². The van der Waals surface area contributed by atoms with Gasteiger partial charge in [0.1, 0.15) is 0 Å². The zero-order valence-electron chi connectivity index (χ0n) is 11.6. The predicted octanol–water partition coefficient (Wildman–Crippen LogP) is 1.50. The quantitative estimate of drug-likeness (QED) is 0.716. The minimum Gasteiger partial charge on any atom is -0.378 e. The summed E-state index contributed by atoms with van der Waals surface area (Å²) in [5.74, 6) is 0.269. The fraction of sp³-hybridized carbons (Fsp3) is 0.929. The molecular weight excluding hydrogens is 228 g/mol. The van der Waals surface area contributed by atoms with Crippen LogP contribution in [0.15, 0.2) is 0 Å². The molecule has 2 fully saturated rings. The van der Waals surface area contributed by atoms with Crippen LogP contribution in [0, 0.1) is 0 Å². The summed E-state index contributed by atoms with van der Waals surface area (Å²) in [6.45, 7) is 3.48. The van der Waals surface area contributed by atoms with E-state index in [1.54, 1.807) is 0 Å². The van der Waals surface area contributed by atoms with Crippen LogP contribution in [0.1, 0.15) is 38.5 Å². The van der Waals surface area contributed by atoms with E-state index >= 15 is 0 Å². The topological polar surface area (TPSA) is 32.8 Å². The maximum atomic E-state index is 12.2. The number of hydrogen-bond acceptors (Lipinski definition) is 3. The molecule has 4 heteroatoms. The fourth-order valence-corrected chi connectivity index (χ4v) is 2.95. The standard InChI is InChI=1S/C14H26N2O2/c1-15(13-6-4-2-3-5-7-13)12-14(17)16-8-10-18-11-9-16/h13H,2-12H2,1H3. The van der Waals surface area contributed by atoms with Crippen molar-refractivity contribution in [2.45, 2.75) is 44.6 Å². The predicted molar refractivity (Wildman–Crippen MR) is 71.5 cm³/mol. The van der Waals surface area contributed by atoms with Gasteiger partial charge in [-0.25, -0.2) is 0 Å². The Kier molecular flexibility index (Phi) is 5.45. The highest BCUT2D eigenvalue weighted by Crippen LogP contribution is 2.20. The van der Waals surface area contributed by atoms with Crippen molar-refractivity contribution in [2.75, 3.05) is 39.9 Å². The van der Waals surface area contributed by atoms with Gasteiger partial charge in [0.2, 0.25) is 5.91 Å². The van der Waals surface area contributed by atoms with E-state index in [0.717, 1.165) is 13.1 Å². The summed E-state index contributed by atoms with van der Waals surface area (Å²) in [4.78, 5) is 16.4. The zero-order chi connectivity index (χ0) is 12.8. The molecule has 1 heterocycles. The monoisotopic (exact) mass is 254 g/mol. The van der Waals surface area contributed by atoms with Gasteiger partial charge < -0.3 is 9.64 Å². The molecule has 1 aliphatic carbocycles. The summed E-state index contributed by atoms with van der Waals surface area (Å²) in [7, 11) is 2.11. The molecule has 1 saturated carbocycles. The molecular formula is C14H26N2O2. The molecule has 2 rings (SSSR count). The molecule has 0 N–H and O–H groups in total. The average Bonchev–Trinajstić information content (AvgIpc) is 2.68. The summed E-state index contributed by atoms with van der Waals surface area (Å²) < 4.78 is 5.28. The minimum atomic E-state index is 0.269. The molecule has 0 bridgehead atoms. The van der Waals surface area contributed by atoms with Gasteiger partial charge in [0.15, 0.2) is 0 Å². The van der Waals surface area contributed by atoms with Gasteiger partial charge in [-0.05, 0) is 19.9 Å². The van der Waals surface area contributed by atoms with E-state index in [2.05, 4.69) is 11.9 Å². The lowest BCUT2D eigenvalue weighted by Crippen LogP contribution is -2.46. The number of ether oxygens (including phenoxy) is 1. The Balaban J connectivity index is 1.77. The summed E-state index contributed by atoms with van der Waals surface area (Å²) in [5.41, 5.74) is 0. The fourth-order valence-electron chi connectivity index (χ4n) is 2.95. The second-order valence-electron chi connectivity index (χ2n) is 5.55. The van der Waals surface area contributed by atoms with Gasteiger partial charge in [0.25, 0.3) is 0 Å². The van der Waals surface area contributed by atoms with Crippen LogP contribution in [0.3, 0.4) is 0 Å². The molecule has 0 aromatic carbocycles. The van der Waals surface area contributed by atoms with Crippen molar-refractivity contribution in [1.82, 2.24) is 9.80 Å². The molecule has 0 unspecified atom stereocenters. The molecule has 1 amide bonds. The maximum Gasteiger partial charge on any atom is 0.236 e. The van der Waals surface area contributed by atoms with Gasteiger partial charge in [-0.2, -0.15) is 0 Å². The van der Waals surface area contributed by atoms with Crippen molar-refractivity contribution in [1.29, 1.82) is 0 Å². The molecule has 1 saturated heterocycles. The Labute approximate surface area is 110 Å². The first-order valence-electron chi connectivity index (χ1n) is 7.33. The van der Waals surface area contributed by atoms with Crippen LogP contribution in [0.5, 0.6) is 0 Å². The largest absolute Gasteiger partial charge is 0.378 e. The van der Waals surface area contributed by atoms with Gasteiger partial charge in [0.05, 0.1) is 19.8 Å². The van der Waals surface area contributed by atoms with Crippen LogP contribution >= 0.6 is 0 Å². The number of likely N-dealkylation sites (N-methyl/N-ethyl adjacent to an activating group) is 1. The number of carbonyl (C=O) groups excluding carboxylic acids is 1. The third kappa shape index (κ3) is 3.95. The van der Waals surface area contributed by atoms with Crippen LogP contribution in [0.2, 0.25) is 0 Å². The van der Waals surface area contributed by atoms with E-state index in [9.17, 15) is 4.79 Å². The van der Waals surface area contributed by atoms with Crippen molar-refractivity contribution < 1.29 is 9.53 Å². The van der Waals surface area contributed by atoms with E-state index in [1.165, 1.54) is 38.5 Å². The molecule has 0 spiro atoms. The number of morpholine rings is 1. The Bertz CT molecular complexity index is 257. The van der Waals surface area contributed by atoms with E-state index in [1.807, 2.05) is 4.90 Å². The zero-order valence-corrected chi connectivity index (χ0v) is 11.6. The van der Waals surface area contributed by atoms with E-state index < -0.39 is 0 Å². The molecule has 0 radical (unpaired) electrons. The number of carbonyl (C=O) groups is 1. The third-order valence-electron chi connectivity index (χ3n) is 4.20. The number of hydrogen-bond donors (Lipinski definition) is 0.